The Morgan fingerprint density at radius 3 is 2.49 bits per heavy atom. The quantitative estimate of drug-likeness (QED) is 0.243. The second-order valence-corrected chi connectivity index (χ2v) is 13.7. The van der Waals surface area contributed by atoms with E-state index in [9.17, 15) is 18.0 Å². The number of amides is 1. The molecule has 9 nitrogen and oxygen atoms in total. The van der Waals surface area contributed by atoms with Crippen LogP contribution >= 0.6 is 11.3 Å². The lowest BCUT2D eigenvalue weighted by Gasteiger charge is -2.37. The number of nitrogens with zero attached hydrogens (tertiary/aromatic N) is 6. The van der Waals surface area contributed by atoms with Crippen LogP contribution in [-0.4, -0.2) is 93.2 Å². The molecule has 0 spiro atoms. The van der Waals surface area contributed by atoms with E-state index in [-0.39, 0.29) is 16.9 Å². The van der Waals surface area contributed by atoms with Gasteiger partial charge in [0.05, 0.1) is 11.8 Å². The number of aromatic nitrogens is 3. The molecule has 0 radical (unpaired) electrons. The first-order valence-electron chi connectivity index (χ1n) is 15.6. The van der Waals surface area contributed by atoms with E-state index in [1.54, 1.807) is 0 Å². The van der Waals surface area contributed by atoms with Crippen molar-refractivity contribution in [3.63, 3.8) is 0 Å². The molecule has 2 saturated heterocycles. The fourth-order valence-electron chi connectivity index (χ4n) is 6.78. The number of benzene rings is 1. The topological polar surface area (TPSA) is 95.5 Å². The number of halogens is 3. The highest BCUT2D eigenvalue weighted by Gasteiger charge is 2.30. The summed E-state index contributed by atoms with van der Waals surface area (Å²) < 4.78 is 41.4. The molecule has 1 amide bonds. The van der Waals surface area contributed by atoms with Crippen LogP contribution in [0.4, 0.5) is 24.9 Å². The number of nitrogen functional groups attached to an aromatic ring is 1. The number of likely N-dealkylation sites (tertiary alicyclic amines) is 1. The van der Waals surface area contributed by atoms with Crippen LogP contribution in [0.3, 0.4) is 0 Å². The lowest BCUT2D eigenvalue weighted by molar-refractivity contribution is -0.126. The number of rotatable bonds is 9. The van der Waals surface area contributed by atoms with E-state index in [0.717, 1.165) is 82.9 Å². The van der Waals surface area contributed by atoms with Crippen LogP contribution in [0.5, 0.6) is 0 Å². The zero-order valence-corrected chi connectivity index (χ0v) is 26.8. The molecule has 3 N–H and O–H groups in total. The summed E-state index contributed by atoms with van der Waals surface area (Å²) in [4.78, 5) is 27.1. The summed E-state index contributed by atoms with van der Waals surface area (Å²) in [5.41, 5.74) is 11.1. The SMILES string of the molecule is Cc1c(CN2CCC(Nc3nc(N)nc4sc(CC(F)(F)F)cc34)CC2)ccc2c1cc(C)n2C[C@H](C)N1CCN(C=O)CC1. The number of aryl methyl sites for hydroxylation is 2. The summed E-state index contributed by atoms with van der Waals surface area (Å²) in [5, 5.41) is 5.35. The maximum Gasteiger partial charge on any atom is 0.393 e. The number of carbonyl (C=O) groups is 1. The number of fused-ring (bicyclic) bond motifs is 2. The lowest BCUT2D eigenvalue weighted by Crippen LogP contribution is -2.50. The van der Waals surface area contributed by atoms with Gasteiger partial charge in [-0.25, -0.2) is 4.98 Å². The summed E-state index contributed by atoms with van der Waals surface area (Å²) in [7, 11) is 0. The summed E-state index contributed by atoms with van der Waals surface area (Å²) in [6.45, 7) is 13.6. The summed E-state index contributed by atoms with van der Waals surface area (Å²) in [6, 6.07) is 8.89. The number of anilines is 2. The Hall–Kier alpha value is -3.42. The molecular formula is C32H41F3N8OS. The molecule has 2 aliphatic rings. The molecule has 5 heterocycles. The third-order valence-corrected chi connectivity index (χ3v) is 10.4. The Morgan fingerprint density at radius 1 is 1.07 bits per heavy atom. The molecule has 1 aromatic carbocycles. The van der Waals surface area contributed by atoms with Gasteiger partial charge in [0, 0.05) is 85.9 Å². The van der Waals surface area contributed by atoms with Crippen LogP contribution in [0.15, 0.2) is 24.3 Å². The average molecular weight is 643 g/mol. The Bertz CT molecular complexity index is 1670. The second kappa shape index (κ2) is 12.8. The Labute approximate surface area is 265 Å². The summed E-state index contributed by atoms with van der Waals surface area (Å²) >= 11 is 1.02. The van der Waals surface area contributed by atoms with Gasteiger partial charge < -0.3 is 20.5 Å². The Morgan fingerprint density at radius 2 is 1.80 bits per heavy atom. The van der Waals surface area contributed by atoms with Crippen molar-refractivity contribution < 1.29 is 18.0 Å². The molecule has 13 heteroatoms. The van der Waals surface area contributed by atoms with E-state index in [1.807, 2.05) is 4.90 Å². The summed E-state index contributed by atoms with van der Waals surface area (Å²) in [6.07, 6.45) is -2.53. The minimum Gasteiger partial charge on any atom is -0.368 e. The van der Waals surface area contributed by atoms with E-state index < -0.39 is 12.6 Å². The first-order valence-corrected chi connectivity index (χ1v) is 16.4. The normalized spacial score (nSPS) is 18.2. The molecule has 45 heavy (non-hydrogen) atoms. The molecule has 0 saturated carbocycles. The van der Waals surface area contributed by atoms with Crippen molar-refractivity contribution in [1.29, 1.82) is 0 Å². The van der Waals surface area contributed by atoms with Crippen LogP contribution in [0.2, 0.25) is 0 Å². The van der Waals surface area contributed by atoms with E-state index in [4.69, 9.17) is 5.73 Å². The molecule has 0 unspecified atom stereocenters. The lowest BCUT2D eigenvalue weighted by atomic mass is 10.0. The van der Waals surface area contributed by atoms with Gasteiger partial charge in [-0.2, -0.15) is 18.2 Å². The molecule has 2 fully saturated rings. The first kappa shape index (κ1) is 31.6. The van der Waals surface area contributed by atoms with E-state index >= 15 is 0 Å². The molecule has 6 rings (SSSR count). The summed E-state index contributed by atoms with van der Waals surface area (Å²) in [5.74, 6) is 0.573. The predicted molar refractivity (Wildman–Crippen MR) is 174 cm³/mol. The van der Waals surface area contributed by atoms with E-state index in [2.05, 4.69) is 68.6 Å². The third-order valence-electron chi connectivity index (χ3n) is 9.40. The van der Waals surface area contributed by atoms with Crippen LogP contribution < -0.4 is 11.1 Å². The zero-order chi connectivity index (χ0) is 31.9. The van der Waals surface area contributed by atoms with Crippen molar-refractivity contribution in [2.75, 3.05) is 50.3 Å². The monoisotopic (exact) mass is 642 g/mol. The van der Waals surface area contributed by atoms with Crippen molar-refractivity contribution in [1.82, 2.24) is 29.2 Å². The fourth-order valence-corrected chi connectivity index (χ4v) is 7.85. The van der Waals surface area contributed by atoms with Crippen molar-refractivity contribution in [3.8, 4) is 0 Å². The maximum atomic E-state index is 13.0. The highest BCUT2D eigenvalue weighted by Crippen LogP contribution is 2.34. The van der Waals surface area contributed by atoms with Crippen molar-refractivity contribution in [3.05, 3.63) is 46.0 Å². The van der Waals surface area contributed by atoms with Gasteiger partial charge in [-0.15, -0.1) is 11.3 Å². The van der Waals surface area contributed by atoms with Gasteiger partial charge in [-0.05, 0) is 62.9 Å². The number of hydrogen-bond donors (Lipinski definition) is 2. The molecule has 242 valence electrons. The third kappa shape index (κ3) is 7.05. The molecule has 0 bridgehead atoms. The fraction of sp³-hybridized carbons (Fsp3) is 0.531. The smallest absolute Gasteiger partial charge is 0.368 e. The number of thiophene rings is 1. The van der Waals surface area contributed by atoms with Crippen LogP contribution in [0, 0.1) is 13.8 Å². The van der Waals surface area contributed by atoms with Gasteiger partial charge in [-0.3, -0.25) is 14.6 Å². The van der Waals surface area contributed by atoms with Crippen LogP contribution in [0.25, 0.3) is 21.1 Å². The van der Waals surface area contributed by atoms with Gasteiger partial charge in [0.2, 0.25) is 12.4 Å². The molecule has 3 aromatic heterocycles. The molecule has 1 atom stereocenters. The second-order valence-electron chi connectivity index (χ2n) is 12.6. The minimum absolute atomic E-state index is 0.0599. The number of piperazine rings is 1. The number of nitrogens with one attached hydrogen (secondary N) is 1. The molecule has 4 aromatic rings. The number of carbonyl (C=O) groups excluding carboxylic acids is 1. The van der Waals surface area contributed by atoms with Gasteiger partial charge >= 0.3 is 6.18 Å². The Kier molecular flexibility index (Phi) is 8.95. The molecule has 0 aliphatic carbocycles. The van der Waals surface area contributed by atoms with Gasteiger partial charge in [0.25, 0.3) is 0 Å². The highest BCUT2D eigenvalue weighted by molar-refractivity contribution is 7.18. The van der Waals surface area contributed by atoms with Gasteiger partial charge in [-0.1, -0.05) is 6.07 Å². The van der Waals surface area contributed by atoms with Crippen LogP contribution in [-0.2, 0) is 24.3 Å². The van der Waals surface area contributed by atoms with E-state index in [0.29, 0.717) is 22.1 Å². The highest BCUT2D eigenvalue weighted by atomic mass is 32.1. The average Bonchev–Trinajstić information content (AvgIpc) is 3.54. The van der Waals surface area contributed by atoms with Crippen molar-refractivity contribution >= 4 is 50.6 Å². The number of alkyl halides is 3. The minimum atomic E-state index is -4.28. The standard InChI is InChI=1S/C32H41F3N8OS/c1-20-14-26-22(3)23(4-5-28(26)43(20)17-21(2)42-12-10-41(19-44)11-13-42)18-40-8-6-24(7-9-40)37-29-27-15-25(16-32(33,34)35)45-30(27)39-31(36)38-29/h4-5,14-15,19,21,24H,6-13,16-18H2,1-3H3,(H3,36,37,38,39)/t21-/m0/s1. The molecule has 2 aliphatic heterocycles. The van der Waals surface area contributed by atoms with E-state index in [1.165, 1.54) is 33.8 Å². The number of hydrogen-bond acceptors (Lipinski definition) is 8. The first-order chi connectivity index (χ1) is 21.5. The largest absolute Gasteiger partial charge is 0.393 e. The molecular weight excluding hydrogens is 601 g/mol. The van der Waals surface area contributed by atoms with Gasteiger partial charge in [0.15, 0.2) is 0 Å². The number of nitrogens with two attached hydrogens (primary N) is 1. The maximum absolute atomic E-state index is 13.0. The predicted octanol–water partition coefficient (Wildman–Crippen LogP) is 5.19. The van der Waals surface area contributed by atoms with Crippen LogP contribution in [0.1, 0.15) is 41.5 Å². The van der Waals surface area contributed by atoms with Crippen molar-refractivity contribution in [2.24, 2.45) is 0 Å². The number of piperidine rings is 1. The van der Waals surface area contributed by atoms with Gasteiger partial charge in [0.1, 0.15) is 10.6 Å². The zero-order valence-electron chi connectivity index (χ0n) is 26.0. The Balaban J connectivity index is 1.08. The van der Waals surface area contributed by atoms with Crippen molar-refractivity contribution in [2.45, 2.75) is 71.4 Å².